The van der Waals surface area contributed by atoms with Crippen molar-refractivity contribution in [3.8, 4) is 0 Å². The number of furan rings is 1. The summed E-state index contributed by atoms with van der Waals surface area (Å²) in [6.45, 7) is 1.97. The highest BCUT2D eigenvalue weighted by Crippen LogP contribution is 2.23. The number of hydrogen-bond acceptors (Lipinski definition) is 8. The summed E-state index contributed by atoms with van der Waals surface area (Å²) >= 11 is 4.84. The average Bonchev–Trinajstić information content (AvgIpc) is 3.16. The number of amides is 1. The molecule has 1 amide bonds. The highest BCUT2D eigenvalue weighted by molar-refractivity contribution is 9.10. The van der Waals surface area contributed by atoms with E-state index in [0.717, 1.165) is 10.2 Å². The Kier molecular flexibility index (Phi) is 5.24. The molecule has 11 heteroatoms. The Morgan fingerprint density at radius 3 is 2.97 bits per heavy atom. The maximum absolute atomic E-state index is 12.8. The highest BCUT2D eigenvalue weighted by atomic mass is 79.9. The lowest BCUT2D eigenvalue weighted by atomic mass is 10.1. The molecule has 2 aliphatic rings. The van der Waals surface area contributed by atoms with E-state index in [2.05, 4.69) is 31.3 Å². The van der Waals surface area contributed by atoms with Crippen molar-refractivity contribution in [2.24, 2.45) is 10.1 Å². The van der Waals surface area contributed by atoms with E-state index in [9.17, 15) is 14.9 Å². The molecular formula is C18H14BrN5O4S. The number of amidine groups is 1. The molecule has 9 nitrogen and oxygen atoms in total. The Bertz CT molecular complexity index is 1190. The van der Waals surface area contributed by atoms with E-state index < -0.39 is 11.1 Å². The Hall–Kier alpha value is -2.92. The third kappa shape index (κ3) is 3.83. The zero-order valence-electron chi connectivity index (χ0n) is 15.0. The molecule has 0 saturated heterocycles. The van der Waals surface area contributed by atoms with Crippen LogP contribution in [0.5, 0.6) is 0 Å². The van der Waals surface area contributed by atoms with Gasteiger partial charge in [-0.15, -0.1) is 5.10 Å². The third-order valence-corrected chi connectivity index (χ3v) is 5.34. The highest BCUT2D eigenvalue weighted by Gasteiger charge is 2.32. The fraction of sp³-hybridized carbons (Fsp3) is 0.167. The van der Waals surface area contributed by atoms with Crippen LogP contribution < -0.4 is 15.9 Å². The van der Waals surface area contributed by atoms with Gasteiger partial charge in [0.25, 0.3) is 5.91 Å². The lowest BCUT2D eigenvalue weighted by Crippen LogP contribution is -2.52. The Morgan fingerprint density at radius 1 is 1.41 bits per heavy atom. The van der Waals surface area contributed by atoms with Crippen molar-refractivity contribution in [3.05, 3.63) is 67.3 Å². The van der Waals surface area contributed by atoms with Crippen molar-refractivity contribution in [3.63, 3.8) is 0 Å². The minimum Gasteiger partial charge on any atom is -0.401 e. The first-order valence-corrected chi connectivity index (χ1v) is 10.4. The van der Waals surface area contributed by atoms with Crippen molar-refractivity contribution < 1.29 is 14.1 Å². The molecule has 148 valence electrons. The number of nitrogens with one attached hydrogen (secondary N) is 1. The molecule has 0 unspecified atom stereocenters. The molecule has 0 radical (unpaired) electrons. The maximum Gasteiger partial charge on any atom is 0.433 e. The first kappa shape index (κ1) is 19.4. The van der Waals surface area contributed by atoms with Gasteiger partial charge in [0.1, 0.15) is 16.4 Å². The number of hydrogen-bond donors (Lipinski definition) is 1. The summed E-state index contributed by atoms with van der Waals surface area (Å²) in [5.41, 5.74) is 0.386. The lowest BCUT2D eigenvalue weighted by Gasteiger charge is -2.32. The van der Waals surface area contributed by atoms with Crippen molar-refractivity contribution in [2.75, 3.05) is 5.75 Å². The van der Waals surface area contributed by atoms with Gasteiger partial charge < -0.3 is 4.42 Å². The number of thioether (sulfide) groups is 1. The molecule has 1 atom stereocenters. The molecule has 0 spiro atoms. The molecule has 1 aromatic heterocycles. The second-order valence-corrected chi connectivity index (χ2v) is 8.15. The van der Waals surface area contributed by atoms with Crippen LogP contribution in [0.15, 0.2) is 55.4 Å². The van der Waals surface area contributed by atoms with Crippen molar-refractivity contribution in [1.82, 2.24) is 10.3 Å². The van der Waals surface area contributed by atoms with E-state index in [1.807, 2.05) is 25.1 Å². The number of nitro groups is 1. The summed E-state index contributed by atoms with van der Waals surface area (Å²) in [7, 11) is 0. The molecule has 0 aliphatic carbocycles. The first-order valence-electron chi connectivity index (χ1n) is 8.58. The van der Waals surface area contributed by atoms with Gasteiger partial charge in [-0.25, -0.2) is 5.01 Å². The molecular weight excluding hydrogens is 462 g/mol. The largest absolute Gasteiger partial charge is 0.433 e. The molecule has 4 rings (SSSR count). The Morgan fingerprint density at radius 2 is 2.24 bits per heavy atom. The average molecular weight is 476 g/mol. The van der Waals surface area contributed by atoms with E-state index in [0.29, 0.717) is 27.2 Å². The van der Waals surface area contributed by atoms with E-state index in [4.69, 9.17) is 4.42 Å². The molecule has 3 heterocycles. The predicted molar refractivity (Wildman–Crippen MR) is 112 cm³/mol. The maximum atomic E-state index is 12.8. The Labute approximate surface area is 177 Å². The van der Waals surface area contributed by atoms with Gasteiger partial charge in [-0.2, -0.15) is 0 Å². The standard InChI is InChI=1S/C18H14BrN5O4S/c1-2-29-18-21-17(25)16-12-9-10(19)3-6-13(12)20-14(23(16)22-18)7-4-11-5-8-15(28-11)24(26)27/h3-9,14H,2H2,1H3,(H,21,22,25)/b7-4+/t14-/m1/s1. The van der Waals surface area contributed by atoms with Gasteiger partial charge in [0.2, 0.25) is 0 Å². The quantitative estimate of drug-likeness (QED) is 0.535. The summed E-state index contributed by atoms with van der Waals surface area (Å²) in [5.74, 6) is 0.448. The Balaban J connectivity index is 1.80. The van der Waals surface area contributed by atoms with Crippen LogP contribution in [-0.2, 0) is 4.79 Å². The number of nitrogens with zero attached hydrogens (tertiary/aromatic N) is 4. The van der Waals surface area contributed by atoms with Crippen LogP contribution in [-0.4, -0.2) is 32.9 Å². The number of fused-ring (bicyclic) bond motifs is 2. The molecule has 0 fully saturated rings. The normalized spacial score (nSPS) is 18.1. The van der Waals surface area contributed by atoms with E-state index in [1.54, 1.807) is 17.2 Å². The molecule has 2 aliphatic heterocycles. The van der Waals surface area contributed by atoms with Gasteiger partial charge >= 0.3 is 5.88 Å². The van der Waals surface area contributed by atoms with Crippen molar-refractivity contribution in [1.29, 1.82) is 0 Å². The van der Waals surface area contributed by atoms with Crippen LogP contribution in [0.3, 0.4) is 0 Å². The van der Waals surface area contributed by atoms with E-state index in [1.165, 1.54) is 23.9 Å². The molecule has 1 N–H and O–H groups in total. The number of carbonyl (C=O) groups excluding carboxylic acids is 1. The van der Waals surface area contributed by atoms with Crippen LogP contribution >= 0.6 is 27.7 Å². The van der Waals surface area contributed by atoms with E-state index >= 15 is 0 Å². The molecule has 0 bridgehead atoms. The van der Waals surface area contributed by atoms with E-state index in [-0.39, 0.29) is 11.8 Å². The first-order chi connectivity index (χ1) is 14.0. The second kappa shape index (κ2) is 7.84. The van der Waals surface area contributed by atoms with Crippen LogP contribution in [0.4, 0.5) is 5.88 Å². The predicted octanol–water partition coefficient (Wildman–Crippen LogP) is 2.19. The third-order valence-electron chi connectivity index (χ3n) is 4.11. The van der Waals surface area contributed by atoms with Crippen LogP contribution in [0, 0.1) is 10.1 Å². The topological polar surface area (TPSA) is 113 Å². The summed E-state index contributed by atoms with van der Waals surface area (Å²) in [5, 5.41) is 21.5. The van der Waals surface area contributed by atoms with Gasteiger partial charge in [-0.3, -0.25) is 25.2 Å². The fourth-order valence-electron chi connectivity index (χ4n) is 2.92. The van der Waals surface area contributed by atoms with Crippen LogP contribution in [0.2, 0.25) is 0 Å². The lowest BCUT2D eigenvalue weighted by molar-refractivity contribution is -0.402. The number of hydrazone groups is 1. The second-order valence-electron chi connectivity index (χ2n) is 5.98. The molecule has 29 heavy (non-hydrogen) atoms. The van der Waals surface area contributed by atoms with Crippen molar-refractivity contribution >= 4 is 56.4 Å². The number of rotatable bonds is 4. The summed E-state index contributed by atoms with van der Waals surface area (Å²) < 4.78 is 5.98. The summed E-state index contributed by atoms with van der Waals surface area (Å²) in [4.78, 5) is 27.7. The fourth-order valence-corrected chi connectivity index (χ4v) is 3.86. The van der Waals surface area contributed by atoms with Crippen LogP contribution in [0.1, 0.15) is 12.7 Å². The monoisotopic (exact) mass is 475 g/mol. The SMILES string of the molecule is CCSC1=NN2C(=c3cc(Br)ccc3=N[C@H]2/C=C/c2ccc([N+](=O)[O-])o2)C(=O)N1. The summed E-state index contributed by atoms with van der Waals surface area (Å²) in [6.07, 6.45) is 2.66. The van der Waals surface area contributed by atoms with Gasteiger partial charge in [0, 0.05) is 9.69 Å². The van der Waals surface area contributed by atoms with Gasteiger partial charge in [-0.05, 0) is 42.2 Å². The molecule has 2 aromatic rings. The van der Waals surface area contributed by atoms with Gasteiger partial charge in [0.05, 0.1) is 11.4 Å². The minimum atomic E-state index is -0.610. The number of halogens is 1. The molecule has 1 aromatic carbocycles. The smallest absolute Gasteiger partial charge is 0.401 e. The number of carbonyl (C=O) groups is 1. The summed E-state index contributed by atoms with van der Waals surface area (Å²) in [6, 6.07) is 8.26. The zero-order valence-corrected chi connectivity index (χ0v) is 17.4. The molecule has 0 saturated carbocycles. The number of benzene rings is 1. The minimum absolute atomic E-state index is 0.266. The van der Waals surface area contributed by atoms with Gasteiger partial charge in [0.15, 0.2) is 11.3 Å². The van der Waals surface area contributed by atoms with Gasteiger partial charge in [-0.1, -0.05) is 34.6 Å². The van der Waals surface area contributed by atoms with Crippen molar-refractivity contribution in [2.45, 2.75) is 13.1 Å². The van der Waals surface area contributed by atoms with Crippen LogP contribution in [0.25, 0.3) is 11.8 Å². The zero-order chi connectivity index (χ0) is 20.5.